The fourth-order valence-electron chi connectivity index (χ4n) is 2.71. The topological polar surface area (TPSA) is 94.6 Å². The molecule has 1 saturated heterocycles. The second-order valence-corrected chi connectivity index (χ2v) is 8.52. The van der Waals surface area contributed by atoms with Crippen LogP contribution >= 0.6 is 0 Å². The van der Waals surface area contributed by atoms with Crippen molar-refractivity contribution in [2.24, 2.45) is 5.92 Å². The van der Waals surface area contributed by atoms with Crippen LogP contribution in [0.1, 0.15) is 23.2 Å². The first-order valence-corrected chi connectivity index (χ1v) is 10.6. The molecule has 0 spiro atoms. The Labute approximate surface area is 158 Å². The third-order valence-electron chi connectivity index (χ3n) is 4.35. The van der Waals surface area contributed by atoms with Gasteiger partial charge in [-0.25, -0.2) is 13.4 Å². The standard InChI is InChI=1S/C19H22N2O5S/c1-27(23,24)17-5-3-16(4-6-17)21-19(22)15-2-7-18(20-12-15)26-13-14-8-10-25-11-9-14/h2-7,12,14H,8-11,13H2,1H3,(H,21,22). The van der Waals surface area contributed by atoms with Gasteiger partial charge in [0.1, 0.15) is 0 Å². The molecule has 2 heterocycles. The van der Waals surface area contributed by atoms with Gasteiger partial charge < -0.3 is 14.8 Å². The van der Waals surface area contributed by atoms with E-state index >= 15 is 0 Å². The number of nitrogens with one attached hydrogen (secondary N) is 1. The molecule has 0 aliphatic carbocycles. The predicted molar refractivity (Wildman–Crippen MR) is 101 cm³/mol. The third kappa shape index (κ3) is 5.51. The molecule has 1 aliphatic heterocycles. The molecular weight excluding hydrogens is 368 g/mol. The summed E-state index contributed by atoms with van der Waals surface area (Å²) >= 11 is 0. The zero-order chi connectivity index (χ0) is 19.3. The molecule has 0 radical (unpaired) electrons. The minimum atomic E-state index is -3.26. The van der Waals surface area contributed by atoms with Crippen molar-refractivity contribution in [2.75, 3.05) is 31.4 Å². The van der Waals surface area contributed by atoms with Crippen LogP contribution in [0.5, 0.6) is 5.88 Å². The molecule has 0 atom stereocenters. The van der Waals surface area contributed by atoms with Gasteiger partial charge in [-0.15, -0.1) is 0 Å². The molecule has 1 aromatic heterocycles. The molecule has 0 saturated carbocycles. The number of anilines is 1. The highest BCUT2D eigenvalue weighted by Gasteiger charge is 2.15. The van der Waals surface area contributed by atoms with E-state index in [9.17, 15) is 13.2 Å². The Hall–Kier alpha value is -2.45. The van der Waals surface area contributed by atoms with Crippen molar-refractivity contribution in [1.29, 1.82) is 0 Å². The largest absolute Gasteiger partial charge is 0.477 e. The number of amides is 1. The van der Waals surface area contributed by atoms with Crippen LogP contribution in [0.4, 0.5) is 5.69 Å². The van der Waals surface area contributed by atoms with Crippen molar-refractivity contribution in [1.82, 2.24) is 4.98 Å². The van der Waals surface area contributed by atoms with Crippen LogP contribution in [-0.2, 0) is 14.6 Å². The lowest BCUT2D eigenvalue weighted by molar-refractivity contribution is 0.0490. The van der Waals surface area contributed by atoms with Gasteiger partial charge in [0, 0.05) is 37.4 Å². The van der Waals surface area contributed by atoms with Crippen molar-refractivity contribution in [3.8, 4) is 5.88 Å². The Morgan fingerprint density at radius 3 is 2.48 bits per heavy atom. The summed E-state index contributed by atoms with van der Waals surface area (Å²) in [6.07, 6.45) is 4.56. The molecule has 1 aliphatic rings. The number of nitrogens with zero attached hydrogens (tertiary/aromatic N) is 1. The predicted octanol–water partition coefficient (Wildman–Crippen LogP) is 2.54. The number of ether oxygens (including phenoxy) is 2. The number of carbonyl (C=O) groups is 1. The van der Waals surface area contributed by atoms with Crippen molar-refractivity contribution < 1.29 is 22.7 Å². The quantitative estimate of drug-likeness (QED) is 0.815. The first kappa shape index (κ1) is 19.3. The number of hydrogen-bond donors (Lipinski definition) is 1. The Balaban J connectivity index is 1.55. The number of rotatable bonds is 6. The summed E-state index contributed by atoms with van der Waals surface area (Å²) in [4.78, 5) is 16.7. The van der Waals surface area contributed by atoms with Gasteiger partial charge in [-0.05, 0) is 49.1 Å². The molecule has 1 N–H and O–H groups in total. The Morgan fingerprint density at radius 1 is 1.19 bits per heavy atom. The Kier molecular flexibility index (Phi) is 6.08. The lowest BCUT2D eigenvalue weighted by Crippen LogP contribution is -2.21. The van der Waals surface area contributed by atoms with Gasteiger partial charge in [-0.2, -0.15) is 0 Å². The average Bonchev–Trinajstić information content (AvgIpc) is 2.67. The normalized spacial score (nSPS) is 15.3. The van der Waals surface area contributed by atoms with E-state index < -0.39 is 9.84 Å². The third-order valence-corrected chi connectivity index (χ3v) is 5.48. The Morgan fingerprint density at radius 2 is 1.89 bits per heavy atom. The van der Waals surface area contributed by atoms with Crippen LogP contribution in [0.2, 0.25) is 0 Å². The van der Waals surface area contributed by atoms with Crippen LogP contribution in [0.25, 0.3) is 0 Å². The summed E-state index contributed by atoms with van der Waals surface area (Å²) in [5.74, 6) is 0.625. The number of pyridine rings is 1. The van der Waals surface area contributed by atoms with Crippen LogP contribution in [0.15, 0.2) is 47.5 Å². The number of sulfone groups is 1. The lowest BCUT2D eigenvalue weighted by atomic mass is 10.0. The molecule has 3 rings (SSSR count). The van der Waals surface area contributed by atoms with Gasteiger partial charge in [0.15, 0.2) is 9.84 Å². The Bertz CT molecular complexity index is 873. The van der Waals surface area contributed by atoms with Crippen LogP contribution in [-0.4, -0.2) is 45.4 Å². The molecule has 27 heavy (non-hydrogen) atoms. The highest BCUT2D eigenvalue weighted by molar-refractivity contribution is 7.90. The average molecular weight is 390 g/mol. The van der Waals surface area contributed by atoms with E-state index in [1.165, 1.54) is 18.3 Å². The van der Waals surface area contributed by atoms with E-state index in [4.69, 9.17) is 9.47 Å². The molecular formula is C19H22N2O5S. The van der Waals surface area contributed by atoms with Gasteiger partial charge in [-0.3, -0.25) is 4.79 Å². The maximum Gasteiger partial charge on any atom is 0.257 e. The summed E-state index contributed by atoms with van der Waals surface area (Å²) in [6.45, 7) is 2.13. The number of benzene rings is 1. The second-order valence-electron chi connectivity index (χ2n) is 6.50. The highest BCUT2D eigenvalue weighted by Crippen LogP contribution is 2.18. The van der Waals surface area contributed by atoms with Crippen molar-refractivity contribution >= 4 is 21.4 Å². The van der Waals surface area contributed by atoms with Crippen LogP contribution in [0, 0.1) is 5.92 Å². The van der Waals surface area contributed by atoms with Gasteiger partial charge in [0.25, 0.3) is 5.91 Å². The van der Waals surface area contributed by atoms with E-state index in [-0.39, 0.29) is 10.8 Å². The summed E-state index contributed by atoms with van der Waals surface area (Å²) < 4.78 is 33.9. The van der Waals surface area contributed by atoms with Crippen LogP contribution in [0.3, 0.4) is 0 Å². The summed E-state index contributed by atoms with van der Waals surface area (Å²) in [5.41, 5.74) is 0.896. The number of hydrogen-bond acceptors (Lipinski definition) is 6. The number of carbonyl (C=O) groups excluding carboxylic acids is 1. The molecule has 0 unspecified atom stereocenters. The molecule has 0 bridgehead atoms. The maximum absolute atomic E-state index is 12.3. The summed E-state index contributed by atoms with van der Waals surface area (Å²) in [5, 5.41) is 2.71. The minimum Gasteiger partial charge on any atom is -0.477 e. The molecule has 1 aromatic carbocycles. The van der Waals surface area contributed by atoms with Gasteiger partial charge >= 0.3 is 0 Å². The van der Waals surface area contributed by atoms with Gasteiger partial charge in [-0.1, -0.05) is 0 Å². The summed E-state index contributed by atoms with van der Waals surface area (Å²) in [7, 11) is -3.26. The van der Waals surface area contributed by atoms with Gasteiger partial charge in [0.2, 0.25) is 5.88 Å². The van der Waals surface area contributed by atoms with Crippen molar-refractivity contribution in [3.63, 3.8) is 0 Å². The van der Waals surface area contributed by atoms with Crippen molar-refractivity contribution in [3.05, 3.63) is 48.2 Å². The van der Waals surface area contributed by atoms with Gasteiger partial charge in [0.05, 0.1) is 17.1 Å². The molecule has 144 valence electrons. The first-order valence-electron chi connectivity index (χ1n) is 8.70. The van der Waals surface area contributed by atoms with E-state index in [1.807, 2.05) is 0 Å². The molecule has 8 heteroatoms. The van der Waals surface area contributed by atoms with Crippen molar-refractivity contribution in [2.45, 2.75) is 17.7 Å². The fourth-order valence-corrected chi connectivity index (χ4v) is 3.34. The number of aromatic nitrogens is 1. The van der Waals surface area contributed by atoms with E-state index in [2.05, 4.69) is 10.3 Å². The monoisotopic (exact) mass is 390 g/mol. The molecule has 7 nitrogen and oxygen atoms in total. The fraction of sp³-hybridized carbons (Fsp3) is 0.368. The van der Waals surface area contributed by atoms with Crippen LogP contribution < -0.4 is 10.1 Å². The smallest absolute Gasteiger partial charge is 0.257 e. The molecule has 1 fully saturated rings. The maximum atomic E-state index is 12.3. The zero-order valence-corrected chi connectivity index (χ0v) is 15.9. The highest BCUT2D eigenvalue weighted by atomic mass is 32.2. The summed E-state index contributed by atoms with van der Waals surface area (Å²) in [6, 6.07) is 9.32. The SMILES string of the molecule is CS(=O)(=O)c1ccc(NC(=O)c2ccc(OCC3CCOCC3)nc2)cc1. The first-order chi connectivity index (χ1) is 12.9. The van der Waals surface area contributed by atoms with E-state index in [0.29, 0.717) is 29.7 Å². The molecule has 2 aromatic rings. The molecule has 1 amide bonds. The van der Waals surface area contributed by atoms with E-state index in [0.717, 1.165) is 32.3 Å². The minimum absolute atomic E-state index is 0.202. The zero-order valence-electron chi connectivity index (χ0n) is 15.1. The van der Waals surface area contributed by atoms with E-state index in [1.54, 1.807) is 24.3 Å². The second kappa shape index (κ2) is 8.49. The lowest BCUT2D eigenvalue weighted by Gasteiger charge is -2.21.